The Hall–Kier alpha value is -1.50. The topological polar surface area (TPSA) is 79.8 Å². The largest absolute Gasteiger partial charge is 0.352 e. The lowest BCUT2D eigenvalue weighted by atomic mass is 10.3. The Morgan fingerprint density at radius 3 is 3.05 bits per heavy atom. The summed E-state index contributed by atoms with van der Waals surface area (Å²) in [5, 5.41) is 9.35. The van der Waals surface area contributed by atoms with Gasteiger partial charge < -0.3 is 5.32 Å². The number of nitrogens with one attached hydrogen (secondary N) is 2. The lowest BCUT2D eigenvalue weighted by molar-refractivity contribution is -0.120. The summed E-state index contributed by atoms with van der Waals surface area (Å²) in [5.74, 6) is -0.0950. The second kappa shape index (κ2) is 7.83. The molecule has 0 fully saturated rings. The second-order valence-corrected chi connectivity index (χ2v) is 5.42. The molecule has 106 valence electrons. The molecule has 1 amide bonds. The van der Waals surface area contributed by atoms with Gasteiger partial charge in [0.25, 0.3) is 0 Å². The van der Waals surface area contributed by atoms with E-state index >= 15 is 0 Å². The zero-order chi connectivity index (χ0) is 14.3. The minimum Gasteiger partial charge on any atom is -0.352 e. The molecule has 1 atom stereocenters. The van der Waals surface area contributed by atoms with Crippen LogP contribution in [0.2, 0.25) is 0 Å². The van der Waals surface area contributed by atoms with E-state index in [1.165, 1.54) is 11.8 Å². The lowest BCUT2D eigenvalue weighted by Crippen LogP contribution is -2.31. The molecule has 0 aromatic carbocycles. The van der Waals surface area contributed by atoms with E-state index in [9.17, 15) is 9.59 Å². The summed E-state index contributed by atoms with van der Waals surface area (Å²) in [4.78, 5) is 23.3. The van der Waals surface area contributed by atoms with Crippen LogP contribution in [0.5, 0.6) is 0 Å². The molecule has 0 bridgehead atoms. The number of H-pyrrole nitrogens is 1. The Kier molecular flexibility index (Phi) is 6.41. The molecule has 1 heterocycles. The van der Waals surface area contributed by atoms with Crippen LogP contribution in [0, 0.1) is 0 Å². The van der Waals surface area contributed by atoms with Crippen molar-refractivity contribution in [2.45, 2.75) is 43.6 Å². The molecule has 1 aromatic heterocycles. The predicted octanol–water partition coefficient (Wildman–Crippen LogP) is 1.15. The Labute approximate surface area is 116 Å². The van der Waals surface area contributed by atoms with Crippen LogP contribution in [0.1, 0.15) is 26.7 Å². The van der Waals surface area contributed by atoms with Gasteiger partial charge in [-0.25, -0.2) is 9.89 Å². The van der Waals surface area contributed by atoms with E-state index in [0.717, 1.165) is 12.8 Å². The van der Waals surface area contributed by atoms with Crippen molar-refractivity contribution in [2.75, 3.05) is 6.54 Å². The first-order valence-corrected chi connectivity index (χ1v) is 7.18. The highest BCUT2D eigenvalue weighted by Crippen LogP contribution is 2.20. The fourth-order valence-corrected chi connectivity index (χ4v) is 2.34. The Bertz CT molecular complexity index is 480. The molecule has 0 spiro atoms. The zero-order valence-corrected chi connectivity index (χ0v) is 12.1. The van der Waals surface area contributed by atoms with E-state index in [1.807, 2.05) is 0 Å². The number of amides is 1. The van der Waals surface area contributed by atoms with Gasteiger partial charge >= 0.3 is 5.69 Å². The van der Waals surface area contributed by atoms with Crippen molar-refractivity contribution in [3.8, 4) is 0 Å². The first-order valence-electron chi connectivity index (χ1n) is 6.30. The van der Waals surface area contributed by atoms with Crippen molar-refractivity contribution in [3.05, 3.63) is 23.1 Å². The van der Waals surface area contributed by atoms with Crippen molar-refractivity contribution in [1.29, 1.82) is 0 Å². The standard InChI is InChI=1S/C12H20N4O2S/c1-4-6-8-16-11(18)14-15-12(16)19-9(3)10(17)13-7-5-2/h5,9H,2,4,6-8H2,1,3H3,(H,13,17)(H,14,18). The average Bonchev–Trinajstić information content (AvgIpc) is 2.74. The van der Waals surface area contributed by atoms with Crippen LogP contribution in [0.3, 0.4) is 0 Å². The molecule has 1 aromatic rings. The van der Waals surface area contributed by atoms with E-state index in [2.05, 4.69) is 29.0 Å². The highest BCUT2D eigenvalue weighted by Gasteiger charge is 2.18. The molecule has 0 saturated carbocycles. The van der Waals surface area contributed by atoms with Crippen molar-refractivity contribution < 1.29 is 4.79 Å². The molecule has 0 aliphatic carbocycles. The summed E-state index contributed by atoms with van der Waals surface area (Å²) in [7, 11) is 0. The number of rotatable bonds is 8. The van der Waals surface area contributed by atoms with Gasteiger partial charge in [-0.15, -0.1) is 11.7 Å². The zero-order valence-electron chi connectivity index (χ0n) is 11.3. The van der Waals surface area contributed by atoms with Crippen LogP contribution in [-0.2, 0) is 11.3 Å². The summed E-state index contributed by atoms with van der Waals surface area (Å²) in [6, 6.07) is 0. The summed E-state index contributed by atoms with van der Waals surface area (Å²) >= 11 is 1.27. The Morgan fingerprint density at radius 1 is 1.68 bits per heavy atom. The molecular weight excluding hydrogens is 264 g/mol. The van der Waals surface area contributed by atoms with Crippen molar-refractivity contribution in [1.82, 2.24) is 20.1 Å². The number of aromatic nitrogens is 3. The molecule has 1 rings (SSSR count). The third-order valence-electron chi connectivity index (χ3n) is 2.53. The highest BCUT2D eigenvalue weighted by molar-refractivity contribution is 8.00. The van der Waals surface area contributed by atoms with Gasteiger partial charge in [0.15, 0.2) is 5.16 Å². The van der Waals surface area contributed by atoms with Crippen molar-refractivity contribution >= 4 is 17.7 Å². The molecule has 0 saturated heterocycles. The maximum absolute atomic E-state index is 11.7. The number of carbonyl (C=O) groups excluding carboxylic acids is 1. The summed E-state index contributed by atoms with van der Waals surface area (Å²) < 4.78 is 1.57. The molecular formula is C12H20N4O2S. The SMILES string of the molecule is C=CCNC(=O)C(C)Sc1n[nH]c(=O)n1CCCC. The number of hydrogen-bond donors (Lipinski definition) is 2. The number of unbranched alkanes of at least 4 members (excludes halogenated alkanes) is 1. The molecule has 1 unspecified atom stereocenters. The third kappa shape index (κ3) is 4.59. The Morgan fingerprint density at radius 2 is 2.42 bits per heavy atom. The van der Waals surface area contributed by atoms with Gasteiger partial charge in [-0.2, -0.15) is 0 Å². The van der Waals surface area contributed by atoms with Gasteiger partial charge in [0.1, 0.15) is 0 Å². The average molecular weight is 284 g/mol. The van der Waals surface area contributed by atoms with Gasteiger partial charge in [0.05, 0.1) is 5.25 Å². The van der Waals surface area contributed by atoms with E-state index in [0.29, 0.717) is 18.2 Å². The maximum Gasteiger partial charge on any atom is 0.343 e. The van der Waals surface area contributed by atoms with Crippen molar-refractivity contribution in [3.63, 3.8) is 0 Å². The monoisotopic (exact) mass is 284 g/mol. The lowest BCUT2D eigenvalue weighted by Gasteiger charge is -2.10. The molecule has 0 aliphatic rings. The number of carbonyl (C=O) groups is 1. The van der Waals surface area contributed by atoms with Crippen LogP contribution < -0.4 is 11.0 Å². The number of aromatic amines is 1. The van der Waals surface area contributed by atoms with Crippen LogP contribution >= 0.6 is 11.8 Å². The van der Waals surface area contributed by atoms with Gasteiger partial charge in [0, 0.05) is 13.1 Å². The predicted molar refractivity (Wildman–Crippen MR) is 76.3 cm³/mol. The first-order chi connectivity index (χ1) is 9.10. The first kappa shape index (κ1) is 15.6. The van der Waals surface area contributed by atoms with Gasteiger partial charge in [-0.05, 0) is 13.3 Å². The van der Waals surface area contributed by atoms with Gasteiger partial charge in [0.2, 0.25) is 5.91 Å². The van der Waals surface area contributed by atoms with E-state index in [4.69, 9.17) is 0 Å². The minimum absolute atomic E-state index is 0.0950. The molecule has 0 radical (unpaired) electrons. The van der Waals surface area contributed by atoms with E-state index < -0.39 is 0 Å². The fraction of sp³-hybridized carbons (Fsp3) is 0.583. The second-order valence-electron chi connectivity index (χ2n) is 4.11. The minimum atomic E-state index is -0.310. The molecule has 0 aliphatic heterocycles. The summed E-state index contributed by atoms with van der Waals surface area (Å²) in [5.41, 5.74) is -0.227. The van der Waals surface area contributed by atoms with E-state index in [-0.39, 0.29) is 16.8 Å². The van der Waals surface area contributed by atoms with E-state index in [1.54, 1.807) is 17.6 Å². The Balaban J connectivity index is 2.68. The summed E-state index contributed by atoms with van der Waals surface area (Å²) in [6.07, 6.45) is 3.53. The fourth-order valence-electron chi connectivity index (χ4n) is 1.43. The van der Waals surface area contributed by atoms with Crippen molar-refractivity contribution in [2.24, 2.45) is 0 Å². The molecule has 6 nitrogen and oxygen atoms in total. The maximum atomic E-state index is 11.7. The number of thioether (sulfide) groups is 1. The molecule has 2 N–H and O–H groups in total. The summed E-state index contributed by atoms with van der Waals surface area (Å²) in [6.45, 7) is 8.44. The normalized spacial score (nSPS) is 12.1. The smallest absolute Gasteiger partial charge is 0.343 e. The van der Waals surface area contributed by atoms with Gasteiger partial charge in [-0.3, -0.25) is 9.36 Å². The van der Waals surface area contributed by atoms with Crippen LogP contribution in [0.4, 0.5) is 0 Å². The quantitative estimate of drug-likeness (QED) is 0.554. The van der Waals surface area contributed by atoms with Crippen LogP contribution in [0.25, 0.3) is 0 Å². The third-order valence-corrected chi connectivity index (χ3v) is 3.62. The van der Waals surface area contributed by atoms with Gasteiger partial charge in [-0.1, -0.05) is 31.2 Å². The van der Waals surface area contributed by atoms with Crippen LogP contribution in [0.15, 0.2) is 22.6 Å². The highest BCUT2D eigenvalue weighted by atomic mass is 32.2. The number of hydrogen-bond acceptors (Lipinski definition) is 4. The molecule has 7 heteroatoms. The molecule has 19 heavy (non-hydrogen) atoms. The van der Waals surface area contributed by atoms with Crippen LogP contribution in [-0.4, -0.2) is 32.5 Å². The number of nitrogens with zero attached hydrogens (tertiary/aromatic N) is 2.